The molecule has 0 amide bonds. The van der Waals surface area contributed by atoms with Gasteiger partial charge in [-0.3, -0.25) is 0 Å². The lowest BCUT2D eigenvalue weighted by Gasteiger charge is -2.37. The molecule has 0 saturated carbocycles. The van der Waals surface area contributed by atoms with Crippen LogP contribution >= 0.6 is 0 Å². The fraction of sp³-hybridized carbons (Fsp3) is 0.550. The first kappa shape index (κ1) is 17.8. The average Bonchev–Trinajstić information content (AvgIpc) is 3.15. The number of aliphatic imine (C=N–C) groups is 1. The quantitative estimate of drug-likeness (QED) is 0.661. The molecule has 2 aromatic rings. The van der Waals surface area contributed by atoms with Gasteiger partial charge in [-0.1, -0.05) is 18.2 Å². The fourth-order valence-corrected chi connectivity index (χ4v) is 3.87. The van der Waals surface area contributed by atoms with E-state index in [1.54, 1.807) is 0 Å². The van der Waals surface area contributed by atoms with E-state index in [4.69, 9.17) is 4.99 Å². The maximum atomic E-state index is 4.88. The lowest BCUT2D eigenvalue weighted by atomic mass is 10.2. The van der Waals surface area contributed by atoms with E-state index in [2.05, 4.69) is 67.1 Å². The van der Waals surface area contributed by atoms with Crippen LogP contribution in [0.15, 0.2) is 35.3 Å². The fourth-order valence-electron chi connectivity index (χ4n) is 3.87. The van der Waals surface area contributed by atoms with Gasteiger partial charge in [-0.05, 0) is 31.9 Å². The molecule has 4 rings (SSSR count). The molecule has 0 spiro atoms. The molecule has 1 fully saturated rings. The summed E-state index contributed by atoms with van der Waals surface area (Å²) in [4.78, 5) is 9.67. The highest BCUT2D eigenvalue weighted by Crippen LogP contribution is 2.17. The summed E-state index contributed by atoms with van der Waals surface area (Å²) in [6.45, 7) is 8.57. The molecule has 2 aliphatic rings. The minimum Gasteiger partial charge on any atom is -0.368 e. The second kappa shape index (κ2) is 8.41. The van der Waals surface area contributed by atoms with E-state index in [-0.39, 0.29) is 0 Å². The zero-order chi connectivity index (χ0) is 18.5. The molecule has 0 atom stereocenters. The van der Waals surface area contributed by atoms with Crippen molar-refractivity contribution in [2.24, 2.45) is 4.99 Å². The number of hydrogen-bond acceptors (Lipinski definition) is 4. The molecule has 1 aromatic heterocycles. The van der Waals surface area contributed by atoms with E-state index in [9.17, 15) is 0 Å². The van der Waals surface area contributed by atoms with Crippen LogP contribution in [0.25, 0.3) is 0 Å². The molecule has 3 heterocycles. The molecular formula is C20H29N7. The summed E-state index contributed by atoms with van der Waals surface area (Å²) in [5, 5.41) is 12.2. The molecule has 7 nitrogen and oxygen atoms in total. The highest BCUT2D eigenvalue weighted by Gasteiger charge is 2.20. The molecule has 27 heavy (non-hydrogen) atoms. The number of guanidine groups is 1. The van der Waals surface area contributed by atoms with Crippen molar-refractivity contribution in [1.82, 2.24) is 25.0 Å². The van der Waals surface area contributed by atoms with E-state index in [1.165, 1.54) is 18.5 Å². The average molecular weight is 368 g/mol. The number of fused-ring (bicyclic) bond motifs is 1. The second-order valence-electron chi connectivity index (χ2n) is 7.12. The van der Waals surface area contributed by atoms with E-state index in [0.717, 1.165) is 63.3 Å². The standard InChI is InChI=1S/C20H29N7/c1-2-21-20(22-16-19-24-23-18-10-6-7-11-27(18)19)26-14-12-25(13-15-26)17-8-4-3-5-9-17/h3-5,8-9H,2,6-7,10-16H2,1H3,(H,21,22). The maximum Gasteiger partial charge on any atom is 0.194 e. The molecule has 0 unspecified atom stereocenters. The predicted molar refractivity (Wildman–Crippen MR) is 108 cm³/mol. The second-order valence-corrected chi connectivity index (χ2v) is 7.12. The molecule has 7 heteroatoms. The third-order valence-corrected chi connectivity index (χ3v) is 5.34. The molecule has 0 bridgehead atoms. The van der Waals surface area contributed by atoms with Gasteiger partial charge in [0.05, 0.1) is 0 Å². The number of benzene rings is 1. The minimum absolute atomic E-state index is 0.592. The molecule has 0 aliphatic carbocycles. The number of nitrogens with one attached hydrogen (secondary N) is 1. The van der Waals surface area contributed by atoms with E-state index < -0.39 is 0 Å². The van der Waals surface area contributed by atoms with Crippen molar-refractivity contribution < 1.29 is 0 Å². The summed E-state index contributed by atoms with van der Waals surface area (Å²) < 4.78 is 2.25. The zero-order valence-electron chi connectivity index (χ0n) is 16.1. The van der Waals surface area contributed by atoms with Crippen LogP contribution in [0.1, 0.15) is 31.4 Å². The number of anilines is 1. The minimum atomic E-state index is 0.592. The number of rotatable bonds is 4. The highest BCUT2D eigenvalue weighted by molar-refractivity contribution is 5.80. The number of aromatic nitrogens is 3. The Bertz CT molecular complexity index is 760. The molecule has 1 N–H and O–H groups in total. The molecule has 1 saturated heterocycles. The van der Waals surface area contributed by atoms with Crippen molar-refractivity contribution in [2.45, 2.75) is 39.3 Å². The summed E-state index contributed by atoms with van der Waals surface area (Å²) in [6.07, 6.45) is 3.47. The van der Waals surface area contributed by atoms with Gasteiger partial charge >= 0.3 is 0 Å². The van der Waals surface area contributed by atoms with Crippen LogP contribution in [-0.2, 0) is 19.5 Å². The number of para-hydroxylation sites is 1. The molecule has 0 radical (unpaired) electrons. The Hall–Kier alpha value is -2.57. The van der Waals surface area contributed by atoms with Crippen LogP contribution in [0.3, 0.4) is 0 Å². The lowest BCUT2D eigenvalue weighted by Crippen LogP contribution is -2.52. The Morgan fingerprint density at radius 3 is 2.63 bits per heavy atom. The monoisotopic (exact) mass is 367 g/mol. The first-order valence-electron chi connectivity index (χ1n) is 10.1. The van der Waals surface area contributed by atoms with Gasteiger partial charge < -0.3 is 19.7 Å². The van der Waals surface area contributed by atoms with Crippen LogP contribution in [-0.4, -0.2) is 58.3 Å². The largest absolute Gasteiger partial charge is 0.368 e. The van der Waals surface area contributed by atoms with Crippen LogP contribution < -0.4 is 10.2 Å². The number of hydrogen-bond donors (Lipinski definition) is 1. The Labute approximate surface area is 161 Å². The van der Waals surface area contributed by atoms with E-state index in [0.29, 0.717) is 6.54 Å². The van der Waals surface area contributed by atoms with Crippen molar-refractivity contribution in [1.29, 1.82) is 0 Å². The van der Waals surface area contributed by atoms with Crippen molar-refractivity contribution in [3.8, 4) is 0 Å². The van der Waals surface area contributed by atoms with Gasteiger partial charge in [0.2, 0.25) is 0 Å². The molecule has 1 aromatic carbocycles. The normalized spacial score (nSPS) is 17.7. The van der Waals surface area contributed by atoms with Crippen LogP contribution in [0.5, 0.6) is 0 Å². The van der Waals surface area contributed by atoms with Gasteiger partial charge in [0.1, 0.15) is 12.4 Å². The Morgan fingerprint density at radius 2 is 1.85 bits per heavy atom. The van der Waals surface area contributed by atoms with Crippen molar-refractivity contribution in [3.05, 3.63) is 42.0 Å². The summed E-state index contributed by atoms with van der Waals surface area (Å²) in [5.74, 6) is 3.09. The Balaban J connectivity index is 1.41. The van der Waals surface area contributed by atoms with Gasteiger partial charge in [-0.25, -0.2) is 4.99 Å². The summed E-state index contributed by atoms with van der Waals surface area (Å²) in [6, 6.07) is 10.6. The maximum absolute atomic E-state index is 4.88. The molecule has 2 aliphatic heterocycles. The number of piperazine rings is 1. The zero-order valence-corrected chi connectivity index (χ0v) is 16.1. The highest BCUT2D eigenvalue weighted by atomic mass is 15.4. The van der Waals surface area contributed by atoms with Crippen molar-refractivity contribution in [2.75, 3.05) is 37.6 Å². The topological polar surface area (TPSA) is 61.6 Å². The van der Waals surface area contributed by atoms with Crippen LogP contribution in [0.2, 0.25) is 0 Å². The van der Waals surface area contributed by atoms with Gasteiger partial charge in [0.25, 0.3) is 0 Å². The summed E-state index contributed by atoms with van der Waals surface area (Å²) in [7, 11) is 0. The molecule has 144 valence electrons. The SMILES string of the molecule is CCNC(=NCc1nnc2n1CCCC2)N1CCN(c2ccccc2)CC1. The van der Waals surface area contributed by atoms with Gasteiger partial charge in [0.15, 0.2) is 11.8 Å². The first-order chi connectivity index (χ1) is 13.3. The van der Waals surface area contributed by atoms with Crippen LogP contribution in [0, 0.1) is 0 Å². The third-order valence-electron chi connectivity index (χ3n) is 5.34. The smallest absolute Gasteiger partial charge is 0.194 e. The Kier molecular flexibility index (Phi) is 5.55. The van der Waals surface area contributed by atoms with Gasteiger partial charge in [-0.2, -0.15) is 0 Å². The summed E-state index contributed by atoms with van der Waals surface area (Å²) >= 11 is 0. The molecular weight excluding hydrogens is 338 g/mol. The number of aryl methyl sites for hydroxylation is 1. The van der Waals surface area contributed by atoms with E-state index >= 15 is 0 Å². The lowest BCUT2D eigenvalue weighted by molar-refractivity contribution is 0.372. The number of nitrogens with zero attached hydrogens (tertiary/aromatic N) is 6. The van der Waals surface area contributed by atoms with Gasteiger partial charge in [0, 0.05) is 51.4 Å². The van der Waals surface area contributed by atoms with Crippen LogP contribution in [0.4, 0.5) is 5.69 Å². The summed E-state index contributed by atoms with van der Waals surface area (Å²) in [5.41, 5.74) is 1.30. The predicted octanol–water partition coefficient (Wildman–Crippen LogP) is 1.90. The van der Waals surface area contributed by atoms with E-state index in [1.807, 2.05) is 0 Å². The van der Waals surface area contributed by atoms with Crippen molar-refractivity contribution >= 4 is 11.6 Å². The van der Waals surface area contributed by atoms with Crippen molar-refractivity contribution in [3.63, 3.8) is 0 Å². The van der Waals surface area contributed by atoms with Gasteiger partial charge in [-0.15, -0.1) is 10.2 Å². The third kappa shape index (κ3) is 4.07. The Morgan fingerprint density at radius 1 is 1.04 bits per heavy atom. The first-order valence-corrected chi connectivity index (χ1v) is 10.1.